The number of hydrogen-bond donors (Lipinski definition) is 1. The highest BCUT2D eigenvalue weighted by Gasteiger charge is 2.30. The predicted octanol–water partition coefficient (Wildman–Crippen LogP) is 4.00. The van der Waals surface area contributed by atoms with Crippen molar-refractivity contribution in [3.8, 4) is 0 Å². The predicted molar refractivity (Wildman–Crippen MR) is 117 cm³/mol. The second-order valence-corrected chi connectivity index (χ2v) is 9.82. The van der Waals surface area contributed by atoms with Gasteiger partial charge in [-0.2, -0.15) is 0 Å². The molecule has 0 bridgehead atoms. The van der Waals surface area contributed by atoms with Crippen molar-refractivity contribution in [1.29, 1.82) is 0 Å². The van der Waals surface area contributed by atoms with Crippen molar-refractivity contribution in [2.45, 2.75) is 89.2 Å². The highest BCUT2D eigenvalue weighted by Crippen LogP contribution is 2.25. The number of carbonyl (C=O) groups excluding carboxylic acids is 2. The number of nitrogens with zero attached hydrogens (tertiary/aromatic N) is 2. The van der Waals surface area contributed by atoms with Crippen LogP contribution in [0.3, 0.4) is 0 Å². The number of hydrogen-bond acceptors (Lipinski definition) is 8. The maximum atomic E-state index is 13.0. The Bertz CT molecular complexity index is 699. The number of ketones is 1. The molecule has 0 radical (unpaired) electrons. The highest BCUT2D eigenvalue weighted by molar-refractivity contribution is 7.99. The van der Waals surface area contributed by atoms with Crippen LogP contribution in [0.5, 0.6) is 0 Å². The first-order valence-corrected chi connectivity index (χ1v) is 12.6. The molecule has 2 fully saturated rings. The summed E-state index contributed by atoms with van der Waals surface area (Å²) in [7, 11) is 0. The van der Waals surface area contributed by atoms with Crippen LogP contribution in [0.15, 0.2) is 9.64 Å². The number of ether oxygens (including phenoxy) is 2. The summed E-state index contributed by atoms with van der Waals surface area (Å²) in [6.07, 6.45) is 8.66. The number of aromatic nitrogens is 2. The minimum atomic E-state index is -0.639. The lowest BCUT2D eigenvalue weighted by Gasteiger charge is -2.24. The van der Waals surface area contributed by atoms with Gasteiger partial charge in [-0.15, -0.1) is 10.2 Å². The van der Waals surface area contributed by atoms with E-state index in [-0.39, 0.29) is 35.7 Å². The molecular weight excluding hydrogens is 418 g/mol. The zero-order chi connectivity index (χ0) is 22.1. The minimum Gasteiger partial charge on any atom is -0.408 e. The standard InChI is InChI=1S/C22H35N3O5S/c1-15(2)14-17(23-20(27)16-8-4-3-5-9-16)19(26)21-24-25-22(30-21)31-13-12-29-18-10-6-7-11-28-18/h15-18H,3-14H2,1-2H3,(H,23,27)/t17-,18?/m0/s1. The van der Waals surface area contributed by atoms with Crippen LogP contribution in [0.25, 0.3) is 0 Å². The van der Waals surface area contributed by atoms with E-state index in [1.807, 2.05) is 13.8 Å². The molecule has 9 heteroatoms. The summed E-state index contributed by atoms with van der Waals surface area (Å²) >= 11 is 1.35. The molecule has 1 N–H and O–H groups in total. The van der Waals surface area contributed by atoms with E-state index >= 15 is 0 Å². The van der Waals surface area contributed by atoms with Gasteiger partial charge in [0.05, 0.1) is 12.6 Å². The van der Waals surface area contributed by atoms with Gasteiger partial charge in [-0.1, -0.05) is 44.9 Å². The summed E-state index contributed by atoms with van der Waals surface area (Å²) in [5.41, 5.74) is 0. The van der Waals surface area contributed by atoms with Gasteiger partial charge in [-0.25, -0.2) is 0 Å². The Morgan fingerprint density at radius 3 is 2.61 bits per heavy atom. The Balaban J connectivity index is 1.49. The number of amides is 1. The Hall–Kier alpha value is -1.45. The van der Waals surface area contributed by atoms with Crippen molar-refractivity contribution >= 4 is 23.5 Å². The summed E-state index contributed by atoms with van der Waals surface area (Å²) < 4.78 is 16.8. The van der Waals surface area contributed by atoms with Crippen molar-refractivity contribution in [3.05, 3.63) is 5.89 Å². The van der Waals surface area contributed by atoms with E-state index in [0.29, 0.717) is 24.0 Å². The summed E-state index contributed by atoms with van der Waals surface area (Å²) in [4.78, 5) is 25.7. The van der Waals surface area contributed by atoms with Crippen LogP contribution in [0.4, 0.5) is 0 Å². The van der Waals surface area contributed by atoms with E-state index in [1.54, 1.807) is 0 Å². The highest BCUT2D eigenvalue weighted by atomic mass is 32.2. The first-order chi connectivity index (χ1) is 15.0. The molecule has 2 heterocycles. The summed E-state index contributed by atoms with van der Waals surface area (Å²) in [6.45, 7) is 5.31. The van der Waals surface area contributed by atoms with Crippen LogP contribution < -0.4 is 5.32 Å². The number of Topliss-reactive ketones (excluding diaryl/α,β-unsaturated/α-hetero) is 1. The largest absolute Gasteiger partial charge is 0.408 e. The maximum absolute atomic E-state index is 13.0. The molecule has 2 atom stereocenters. The Labute approximate surface area is 188 Å². The van der Waals surface area contributed by atoms with E-state index in [9.17, 15) is 9.59 Å². The molecule has 1 saturated carbocycles. The molecule has 8 nitrogen and oxygen atoms in total. The van der Waals surface area contributed by atoms with Gasteiger partial charge < -0.3 is 19.2 Å². The van der Waals surface area contributed by atoms with Crippen molar-refractivity contribution in [2.75, 3.05) is 19.0 Å². The second-order valence-electron chi connectivity index (χ2n) is 8.78. The average molecular weight is 454 g/mol. The minimum absolute atomic E-state index is 0.00171. The molecule has 1 saturated heterocycles. The molecule has 1 aromatic rings. The fourth-order valence-corrected chi connectivity index (χ4v) is 4.62. The fraction of sp³-hybridized carbons (Fsp3) is 0.818. The Morgan fingerprint density at radius 1 is 1.13 bits per heavy atom. The third kappa shape index (κ3) is 7.88. The molecular formula is C22H35N3O5S. The van der Waals surface area contributed by atoms with Gasteiger partial charge in [-0.05, 0) is 44.4 Å². The van der Waals surface area contributed by atoms with Crippen molar-refractivity contribution in [1.82, 2.24) is 15.5 Å². The van der Waals surface area contributed by atoms with Gasteiger partial charge in [0, 0.05) is 18.3 Å². The van der Waals surface area contributed by atoms with Crippen LogP contribution in [0.2, 0.25) is 0 Å². The zero-order valence-corrected chi connectivity index (χ0v) is 19.5. The molecule has 2 aliphatic rings. The lowest BCUT2D eigenvalue weighted by atomic mass is 9.88. The zero-order valence-electron chi connectivity index (χ0n) is 18.6. The monoisotopic (exact) mass is 453 g/mol. The molecule has 0 aromatic carbocycles. The first kappa shape index (κ1) is 24.2. The van der Waals surface area contributed by atoms with Crippen LogP contribution >= 0.6 is 11.8 Å². The lowest BCUT2D eigenvalue weighted by molar-refractivity contribution is -0.158. The van der Waals surface area contributed by atoms with Gasteiger partial charge in [-0.3, -0.25) is 9.59 Å². The molecule has 1 unspecified atom stereocenters. The molecule has 1 aliphatic carbocycles. The molecule has 31 heavy (non-hydrogen) atoms. The molecule has 1 aromatic heterocycles. The topological polar surface area (TPSA) is 104 Å². The van der Waals surface area contributed by atoms with Crippen LogP contribution in [-0.2, 0) is 14.3 Å². The number of thioether (sulfide) groups is 1. The molecule has 1 aliphatic heterocycles. The first-order valence-electron chi connectivity index (χ1n) is 11.6. The van der Waals surface area contributed by atoms with Gasteiger partial charge in [0.15, 0.2) is 6.29 Å². The van der Waals surface area contributed by atoms with E-state index in [2.05, 4.69) is 15.5 Å². The summed E-state index contributed by atoms with van der Waals surface area (Å²) in [5.74, 6) is 0.478. The van der Waals surface area contributed by atoms with E-state index < -0.39 is 6.04 Å². The Kier molecular flexibility index (Phi) is 9.80. The average Bonchev–Trinajstić information content (AvgIpc) is 3.25. The van der Waals surface area contributed by atoms with Crippen molar-refractivity contribution < 1.29 is 23.5 Å². The lowest BCUT2D eigenvalue weighted by Crippen LogP contribution is -2.45. The summed E-state index contributed by atoms with van der Waals surface area (Å²) in [6, 6.07) is -0.639. The molecule has 174 valence electrons. The van der Waals surface area contributed by atoms with Crippen molar-refractivity contribution in [2.24, 2.45) is 11.8 Å². The van der Waals surface area contributed by atoms with E-state index in [0.717, 1.165) is 51.6 Å². The van der Waals surface area contributed by atoms with Gasteiger partial charge in [0.2, 0.25) is 11.7 Å². The number of nitrogens with one attached hydrogen (secondary N) is 1. The van der Waals surface area contributed by atoms with Gasteiger partial charge in [0.25, 0.3) is 11.1 Å². The number of rotatable bonds is 11. The Morgan fingerprint density at radius 2 is 1.90 bits per heavy atom. The quantitative estimate of drug-likeness (QED) is 0.305. The second kappa shape index (κ2) is 12.6. The maximum Gasteiger partial charge on any atom is 0.286 e. The molecule has 1 amide bonds. The van der Waals surface area contributed by atoms with Crippen LogP contribution in [0.1, 0.15) is 82.3 Å². The van der Waals surface area contributed by atoms with Gasteiger partial charge in [0.1, 0.15) is 0 Å². The van der Waals surface area contributed by atoms with Crippen molar-refractivity contribution in [3.63, 3.8) is 0 Å². The number of carbonyl (C=O) groups is 2. The third-order valence-corrected chi connectivity index (χ3v) is 6.47. The fourth-order valence-electron chi connectivity index (χ4n) is 4.03. The normalized spacial score (nSPS) is 21.2. The summed E-state index contributed by atoms with van der Waals surface area (Å²) in [5, 5.41) is 11.2. The third-order valence-electron chi connectivity index (χ3n) is 5.68. The molecule has 0 spiro atoms. The van der Waals surface area contributed by atoms with E-state index in [1.165, 1.54) is 18.2 Å². The van der Waals surface area contributed by atoms with Crippen LogP contribution in [0, 0.1) is 11.8 Å². The van der Waals surface area contributed by atoms with E-state index in [4.69, 9.17) is 13.9 Å². The van der Waals surface area contributed by atoms with Gasteiger partial charge >= 0.3 is 0 Å². The van der Waals surface area contributed by atoms with Crippen LogP contribution in [-0.4, -0.2) is 53.2 Å². The molecule has 3 rings (SSSR count). The SMILES string of the molecule is CC(C)C[C@H](NC(=O)C1CCCCC1)C(=O)c1nnc(SCCOC2CCCCO2)o1. The smallest absolute Gasteiger partial charge is 0.286 e.